The van der Waals surface area contributed by atoms with Crippen LogP contribution in [0.5, 0.6) is 0 Å². The zero-order valence-corrected chi connectivity index (χ0v) is 12.6. The van der Waals surface area contributed by atoms with Gasteiger partial charge in [-0.1, -0.05) is 6.92 Å². The van der Waals surface area contributed by atoms with Gasteiger partial charge in [0.1, 0.15) is 0 Å². The van der Waals surface area contributed by atoms with Crippen LogP contribution in [0.1, 0.15) is 51.9 Å². The molecule has 0 bridgehead atoms. The maximum atomic E-state index is 12.3. The molecule has 1 N–H and O–H groups in total. The van der Waals surface area contributed by atoms with E-state index in [0.29, 0.717) is 12.6 Å². The van der Waals surface area contributed by atoms with Gasteiger partial charge in [-0.2, -0.15) is 0 Å². The molecule has 1 fully saturated rings. The summed E-state index contributed by atoms with van der Waals surface area (Å²) in [6.45, 7) is 4.87. The standard InChI is InChI=1S/C15H30N2O2/c1-3-14-9-5-7-11-17(14)15(19)13-16(2)10-6-4-8-12-18/h14,18H,3-13H2,1-2H3. The van der Waals surface area contributed by atoms with Crippen molar-refractivity contribution in [1.82, 2.24) is 9.80 Å². The van der Waals surface area contributed by atoms with Crippen LogP contribution in [-0.2, 0) is 4.79 Å². The van der Waals surface area contributed by atoms with Crippen LogP contribution in [0.25, 0.3) is 0 Å². The van der Waals surface area contributed by atoms with Crippen molar-refractivity contribution >= 4 is 5.91 Å². The first-order valence-electron chi connectivity index (χ1n) is 7.78. The maximum absolute atomic E-state index is 12.3. The normalized spacial score (nSPS) is 20.0. The van der Waals surface area contributed by atoms with Crippen LogP contribution in [0.4, 0.5) is 0 Å². The lowest BCUT2D eigenvalue weighted by Crippen LogP contribution is -2.47. The van der Waals surface area contributed by atoms with Crippen LogP contribution < -0.4 is 0 Å². The number of aliphatic hydroxyl groups excluding tert-OH is 1. The molecule has 0 aromatic heterocycles. The van der Waals surface area contributed by atoms with Crippen LogP contribution >= 0.6 is 0 Å². The Morgan fingerprint density at radius 3 is 2.79 bits per heavy atom. The second-order valence-electron chi connectivity index (χ2n) is 5.67. The summed E-state index contributed by atoms with van der Waals surface area (Å²) in [6, 6.07) is 0.462. The Hall–Kier alpha value is -0.610. The van der Waals surface area contributed by atoms with Crippen molar-refractivity contribution in [3.8, 4) is 0 Å². The molecule has 1 amide bonds. The third-order valence-corrected chi connectivity index (χ3v) is 4.02. The van der Waals surface area contributed by atoms with Gasteiger partial charge >= 0.3 is 0 Å². The molecule has 1 aliphatic rings. The predicted molar refractivity (Wildman–Crippen MR) is 78.1 cm³/mol. The zero-order chi connectivity index (χ0) is 14.1. The van der Waals surface area contributed by atoms with Gasteiger partial charge in [-0.3, -0.25) is 9.69 Å². The third-order valence-electron chi connectivity index (χ3n) is 4.02. The number of piperidine rings is 1. The molecule has 0 saturated carbocycles. The third kappa shape index (κ3) is 5.91. The van der Waals surface area contributed by atoms with Crippen molar-refractivity contribution < 1.29 is 9.90 Å². The SMILES string of the molecule is CCC1CCCCN1C(=O)CN(C)CCCCCO. The van der Waals surface area contributed by atoms with Crippen LogP contribution in [0.3, 0.4) is 0 Å². The number of carbonyl (C=O) groups excluding carboxylic acids is 1. The predicted octanol–water partition coefficient (Wildman–Crippen LogP) is 1.87. The summed E-state index contributed by atoms with van der Waals surface area (Å²) >= 11 is 0. The van der Waals surface area contributed by atoms with Crippen molar-refractivity contribution in [3.63, 3.8) is 0 Å². The lowest BCUT2D eigenvalue weighted by atomic mass is 10.00. The fourth-order valence-corrected chi connectivity index (χ4v) is 2.82. The summed E-state index contributed by atoms with van der Waals surface area (Å²) in [5.41, 5.74) is 0. The topological polar surface area (TPSA) is 43.8 Å². The van der Waals surface area contributed by atoms with Crippen LogP contribution in [0, 0.1) is 0 Å². The molecule has 0 aliphatic carbocycles. The van der Waals surface area contributed by atoms with Gasteiger partial charge in [0.05, 0.1) is 6.54 Å². The van der Waals surface area contributed by atoms with E-state index in [4.69, 9.17) is 5.11 Å². The Morgan fingerprint density at radius 2 is 2.11 bits per heavy atom. The molecule has 112 valence electrons. The van der Waals surface area contributed by atoms with Gasteiger partial charge in [0, 0.05) is 19.2 Å². The number of unbranched alkanes of at least 4 members (excludes halogenated alkanes) is 2. The van der Waals surface area contributed by atoms with E-state index in [-0.39, 0.29) is 12.5 Å². The minimum atomic E-state index is 0.272. The minimum Gasteiger partial charge on any atom is -0.396 e. The molecule has 1 aliphatic heterocycles. The molecule has 1 atom stereocenters. The van der Waals surface area contributed by atoms with E-state index in [0.717, 1.165) is 45.2 Å². The first-order valence-corrected chi connectivity index (χ1v) is 7.78. The Labute approximate surface area is 117 Å². The lowest BCUT2D eigenvalue weighted by Gasteiger charge is -2.36. The van der Waals surface area contributed by atoms with Gasteiger partial charge in [-0.05, 0) is 58.5 Å². The van der Waals surface area contributed by atoms with Gasteiger partial charge in [0.2, 0.25) is 5.91 Å². The fraction of sp³-hybridized carbons (Fsp3) is 0.933. The largest absolute Gasteiger partial charge is 0.396 e. The molecule has 0 radical (unpaired) electrons. The Morgan fingerprint density at radius 1 is 1.32 bits per heavy atom. The van der Waals surface area contributed by atoms with E-state index in [9.17, 15) is 4.79 Å². The molecule has 1 saturated heterocycles. The Bertz CT molecular complexity index is 259. The van der Waals surface area contributed by atoms with E-state index >= 15 is 0 Å². The van der Waals surface area contributed by atoms with Crippen molar-refractivity contribution in [3.05, 3.63) is 0 Å². The molecule has 4 nitrogen and oxygen atoms in total. The first-order chi connectivity index (χ1) is 9.19. The summed E-state index contributed by atoms with van der Waals surface area (Å²) in [6.07, 6.45) is 7.62. The number of likely N-dealkylation sites (N-methyl/N-ethyl adjacent to an activating group) is 1. The van der Waals surface area contributed by atoms with Crippen LogP contribution in [0.15, 0.2) is 0 Å². The van der Waals surface area contributed by atoms with E-state index in [1.165, 1.54) is 12.8 Å². The molecular weight excluding hydrogens is 240 g/mol. The Balaban J connectivity index is 2.28. The number of rotatable bonds is 8. The molecule has 0 spiro atoms. The van der Waals surface area contributed by atoms with Crippen molar-refractivity contribution in [2.75, 3.05) is 33.3 Å². The van der Waals surface area contributed by atoms with Crippen molar-refractivity contribution in [2.45, 2.75) is 57.9 Å². The molecule has 1 heterocycles. The van der Waals surface area contributed by atoms with Gasteiger partial charge < -0.3 is 10.0 Å². The second kappa shape index (κ2) is 9.32. The number of nitrogens with zero attached hydrogens (tertiary/aromatic N) is 2. The van der Waals surface area contributed by atoms with Crippen LogP contribution in [-0.4, -0.2) is 60.1 Å². The molecule has 1 unspecified atom stereocenters. The number of likely N-dealkylation sites (tertiary alicyclic amines) is 1. The molecule has 0 aromatic rings. The van der Waals surface area contributed by atoms with E-state index in [2.05, 4.69) is 16.7 Å². The summed E-state index contributed by atoms with van der Waals surface area (Å²) < 4.78 is 0. The molecule has 19 heavy (non-hydrogen) atoms. The first kappa shape index (κ1) is 16.4. The van der Waals surface area contributed by atoms with Gasteiger partial charge in [0.25, 0.3) is 0 Å². The number of aliphatic hydroxyl groups is 1. The summed E-state index contributed by atoms with van der Waals surface area (Å²) in [4.78, 5) is 16.5. The number of hydrogen-bond acceptors (Lipinski definition) is 3. The number of carbonyl (C=O) groups is 1. The van der Waals surface area contributed by atoms with E-state index < -0.39 is 0 Å². The second-order valence-corrected chi connectivity index (χ2v) is 5.67. The molecular formula is C15H30N2O2. The smallest absolute Gasteiger partial charge is 0.236 e. The van der Waals surface area contributed by atoms with Crippen LogP contribution in [0.2, 0.25) is 0 Å². The lowest BCUT2D eigenvalue weighted by molar-refractivity contribution is -0.135. The van der Waals surface area contributed by atoms with Gasteiger partial charge in [-0.15, -0.1) is 0 Å². The summed E-state index contributed by atoms with van der Waals surface area (Å²) in [5.74, 6) is 0.288. The monoisotopic (exact) mass is 270 g/mol. The zero-order valence-electron chi connectivity index (χ0n) is 12.6. The highest BCUT2D eigenvalue weighted by Gasteiger charge is 2.25. The van der Waals surface area contributed by atoms with E-state index in [1.807, 2.05) is 7.05 Å². The minimum absolute atomic E-state index is 0.272. The molecule has 1 rings (SSSR count). The number of hydrogen-bond donors (Lipinski definition) is 1. The highest BCUT2D eigenvalue weighted by Crippen LogP contribution is 2.19. The summed E-state index contributed by atoms with van der Waals surface area (Å²) in [5, 5.41) is 8.73. The highest BCUT2D eigenvalue weighted by atomic mass is 16.2. The maximum Gasteiger partial charge on any atom is 0.236 e. The van der Waals surface area contributed by atoms with Gasteiger partial charge in [-0.25, -0.2) is 0 Å². The Kier molecular flexibility index (Phi) is 8.07. The average molecular weight is 270 g/mol. The van der Waals surface area contributed by atoms with Crippen molar-refractivity contribution in [2.24, 2.45) is 0 Å². The van der Waals surface area contributed by atoms with Crippen molar-refractivity contribution in [1.29, 1.82) is 0 Å². The fourth-order valence-electron chi connectivity index (χ4n) is 2.82. The summed E-state index contributed by atoms with van der Waals surface area (Å²) in [7, 11) is 2.02. The molecule has 0 aromatic carbocycles. The highest BCUT2D eigenvalue weighted by molar-refractivity contribution is 5.78. The average Bonchev–Trinajstić information content (AvgIpc) is 2.43. The molecule has 4 heteroatoms. The van der Waals surface area contributed by atoms with Gasteiger partial charge in [0.15, 0.2) is 0 Å². The number of amides is 1. The van der Waals surface area contributed by atoms with E-state index in [1.54, 1.807) is 0 Å². The quantitative estimate of drug-likeness (QED) is 0.685.